The van der Waals surface area contributed by atoms with E-state index in [0.29, 0.717) is 27.6 Å². The van der Waals surface area contributed by atoms with Gasteiger partial charge in [-0.15, -0.1) is 0 Å². The molecule has 2 heterocycles. The van der Waals surface area contributed by atoms with Crippen LogP contribution in [0.2, 0.25) is 0 Å². The fourth-order valence-corrected chi connectivity index (χ4v) is 3.71. The molecule has 3 aromatic rings. The molecule has 25 heavy (non-hydrogen) atoms. The summed E-state index contributed by atoms with van der Waals surface area (Å²) in [4.78, 5) is 24.6. The molecule has 0 amide bonds. The van der Waals surface area contributed by atoms with Crippen LogP contribution in [-0.4, -0.2) is 10.7 Å². The number of hydrogen-bond acceptors (Lipinski definition) is 5. The minimum atomic E-state index is -0.441. The molecule has 0 saturated carbocycles. The second-order valence-corrected chi connectivity index (χ2v) is 6.50. The first-order valence-corrected chi connectivity index (χ1v) is 8.32. The Bertz CT molecular complexity index is 1040. The first-order chi connectivity index (χ1) is 12.1. The van der Waals surface area contributed by atoms with Crippen LogP contribution in [0.3, 0.4) is 0 Å². The van der Waals surface area contributed by atoms with Crippen LogP contribution >= 0.6 is 11.8 Å². The lowest BCUT2D eigenvalue weighted by Gasteiger charge is -1.98. The van der Waals surface area contributed by atoms with Gasteiger partial charge in [-0.2, -0.15) is 0 Å². The number of ketones is 1. The van der Waals surface area contributed by atoms with Gasteiger partial charge in [-0.1, -0.05) is 36.0 Å². The third-order valence-electron chi connectivity index (χ3n) is 3.84. The van der Waals surface area contributed by atoms with Gasteiger partial charge in [0.05, 0.1) is 15.4 Å². The van der Waals surface area contributed by atoms with Gasteiger partial charge in [-0.05, 0) is 36.4 Å². The minimum absolute atomic E-state index is 0.0187. The van der Waals surface area contributed by atoms with Crippen LogP contribution in [0.15, 0.2) is 74.9 Å². The lowest BCUT2D eigenvalue weighted by atomic mass is 10.1. The van der Waals surface area contributed by atoms with E-state index in [1.165, 1.54) is 17.8 Å². The number of thioether (sulfide) groups is 1. The van der Waals surface area contributed by atoms with Crippen molar-refractivity contribution in [2.75, 3.05) is 0 Å². The van der Waals surface area contributed by atoms with Crippen LogP contribution < -0.4 is 0 Å². The lowest BCUT2D eigenvalue weighted by molar-refractivity contribution is -0.384. The normalized spacial score (nSPS) is 14.7. The molecule has 122 valence electrons. The second-order valence-electron chi connectivity index (χ2n) is 5.41. The van der Waals surface area contributed by atoms with Crippen LogP contribution in [0.5, 0.6) is 0 Å². The van der Waals surface area contributed by atoms with Gasteiger partial charge < -0.3 is 4.42 Å². The van der Waals surface area contributed by atoms with Gasteiger partial charge in [0.25, 0.3) is 5.69 Å². The maximum Gasteiger partial charge on any atom is 0.280 e. The highest BCUT2D eigenvalue weighted by Crippen LogP contribution is 2.41. The lowest BCUT2D eigenvalue weighted by Crippen LogP contribution is -1.93. The molecular weight excluding hydrogens is 338 g/mol. The first kappa shape index (κ1) is 15.4. The molecular formula is C19H11NO4S. The summed E-state index contributed by atoms with van der Waals surface area (Å²) in [5.41, 5.74) is 1.07. The van der Waals surface area contributed by atoms with E-state index in [2.05, 4.69) is 0 Å². The Morgan fingerprint density at radius 1 is 0.960 bits per heavy atom. The third-order valence-corrected chi connectivity index (χ3v) is 4.94. The number of para-hydroxylation sites is 1. The van der Waals surface area contributed by atoms with Gasteiger partial charge in [0.15, 0.2) is 0 Å². The van der Waals surface area contributed by atoms with E-state index in [-0.39, 0.29) is 11.5 Å². The van der Waals surface area contributed by atoms with Gasteiger partial charge in [0, 0.05) is 16.5 Å². The molecule has 5 nitrogen and oxygen atoms in total. The Balaban J connectivity index is 1.68. The fourth-order valence-electron chi connectivity index (χ4n) is 2.68. The molecule has 0 fully saturated rings. The number of benzene rings is 2. The zero-order valence-electron chi connectivity index (χ0n) is 12.8. The van der Waals surface area contributed by atoms with Gasteiger partial charge >= 0.3 is 0 Å². The quantitative estimate of drug-likeness (QED) is 0.370. The molecule has 0 spiro atoms. The van der Waals surface area contributed by atoms with Crippen molar-refractivity contribution in [1.29, 1.82) is 0 Å². The van der Waals surface area contributed by atoms with Gasteiger partial charge in [0.1, 0.15) is 11.5 Å². The standard InChI is InChI=1S/C19H11NO4S/c21-19-14-6-2-4-8-17(14)25-18(19)11-12-9-10-16(24-12)13-5-1-3-7-15(13)20(22)23/h1-11H. The summed E-state index contributed by atoms with van der Waals surface area (Å²) in [6.07, 6.45) is 1.67. The molecule has 0 radical (unpaired) electrons. The van der Waals surface area contributed by atoms with E-state index >= 15 is 0 Å². The Kier molecular flexibility index (Phi) is 3.74. The largest absolute Gasteiger partial charge is 0.456 e. The summed E-state index contributed by atoms with van der Waals surface area (Å²) in [6.45, 7) is 0. The number of rotatable bonds is 3. The molecule has 0 N–H and O–H groups in total. The predicted octanol–water partition coefficient (Wildman–Crippen LogP) is 5.18. The molecule has 1 aromatic heterocycles. The Morgan fingerprint density at radius 3 is 2.44 bits per heavy atom. The van der Waals surface area contributed by atoms with Gasteiger partial charge in [-0.3, -0.25) is 14.9 Å². The molecule has 0 saturated heterocycles. The van der Waals surface area contributed by atoms with Gasteiger partial charge in [0.2, 0.25) is 5.78 Å². The molecule has 1 aliphatic heterocycles. The van der Waals surface area contributed by atoms with E-state index < -0.39 is 4.92 Å². The molecule has 4 rings (SSSR count). The fraction of sp³-hybridized carbons (Fsp3) is 0. The summed E-state index contributed by atoms with van der Waals surface area (Å²) < 4.78 is 5.72. The van der Waals surface area contributed by atoms with Crippen LogP contribution in [-0.2, 0) is 0 Å². The van der Waals surface area contributed by atoms with Crippen molar-refractivity contribution in [3.05, 3.63) is 87.0 Å². The van der Waals surface area contributed by atoms with Gasteiger partial charge in [-0.25, -0.2) is 0 Å². The van der Waals surface area contributed by atoms with Crippen molar-refractivity contribution in [2.45, 2.75) is 4.90 Å². The average molecular weight is 349 g/mol. The number of furan rings is 1. The molecule has 6 heteroatoms. The predicted molar refractivity (Wildman–Crippen MR) is 95.4 cm³/mol. The van der Waals surface area contributed by atoms with Crippen molar-refractivity contribution < 1.29 is 14.1 Å². The average Bonchev–Trinajstić information content (AvgIpc) is 3.21. The number of hydrogen-bond donors (Lipinski definition) is 0. The summed E-state index contributed by atoms with van der Waals surface area (Å²) >= 11 is 1.40. The Labute approximate surface area is 147 Å². The SMILES string of the molecule is O=C1C(=Cc2ccc(-c3ccccc3[N+](=O)[O-])o2)Sc2ccccc21. The van der Waals surface area contributed by atoms with E-state index in [1.807, 2.05) is 18.2 Å². The Morgan fingerprint density at radius 2 is 1.68 bits per heavy atom. The number of Topliss-reactive ketones (excluding diaryl/α,β-unsaturated/α-hetero) is 1. The van der Waals surface area contributed by atoms with E-state index in [9.17, 15) is 14.9 Å². The van der Waals surface area contributed by atoms with Crippen molar-refractivity contribution >= 4 is 29.3 Å². The third kappa shape index (κ3) is 2.77. The smallest absolute Gasteiger partial charge is 0.280 e. The van der Waals surface area contributed by atoms with Crippen molar-refractivity contribution in [3.63, 3.8) is 0 Å². The van der Waals surface area contributed by atoms with E-state index in [4.69, 9.17) is 4.42 Å². The topological polar surface area (TPSA) is 73.3 Å². The molecule has 1 aliphatic rings. The molecule has 0 aliphatic carbocycles. The van der Waals surface area contributed by atoms with Crippen LogP contribution in [0.4, 0.5) is 5.69 Å². The second kappa shape index (κ2) is 6.07. The first-order valence-electron chi connectivity index (χ1n) is 7.50. The highest BCUT2D eigenvalue weighted by Gasteiger charge is 2.25. The summed E-state index contributed by atoms with van der Waals surface area (Å²) in [7, 11) is 0. The number of nitro groups is 1. The maximum absolute atomic E-state index is 12.4. The minimum Gasteiger partial charge on any atom is -0.456 e. The van der Waals surface area contributed by atoms with Crippen LogP contribution in [0.1, 0.15) is 16.1 Å². The molecule has 0 bridgehead atoms. The van der Waals surface area contributed by atoms with Crippen molar-refractivity contribution in [1.82, 2.24) is 0 Å². The van der Waals surface area contributed by atoms with Crippen molar-refractivity contribution in [2.24, 2.45) is 0 Å². The monoisotopic (exact) mass is 349 g/mol. The number of nitro benzene ring substituents is 1. The maximum atomic E-state index is 12.4. The number of allylic oxidation sites excluding steroid dienone is 1. The van der Waals surface area contributed by atoms with E-state index in [0.717, 1.165) is 4.90 Å². The Hall–Kier alpha value is -3.12. The van der Waals surface area contributed by atoms with Crippen LogP contribution in [0, 0.1) is 10.1 Å². The zero-order valence-corrected chi connectivity index (χ0v) is 13.7. The zero-order chi connectivity index (χ0) is 17.4. The number of carbonyl (C=O) groups is 1. The van der Waals surface area contributed by atoms with Crippen molar-refractivity contribution in [3.8, 4) is 11.3 Å². The van der Waals surface area contributed by atoms with E-state index in [1.54, 1.807) is 42.5 Å². The number of carbonyl (C=O) groups excluding carboxylic acids is 1. The highest BCUT2D eigenvalue weighted by molar-refractivity contribution is 8.04. The van der Waals surface area contributed by atoms with Crippen LogP contribution in [0.25, 0.3) is 17.4 Å². The molecule has 2 aromatic carbocycles. The molecule has 0 unspecified atom stereocenters. The summed E-state index contributed by atoms with van der Waals surface area (Å²) in [5.74, 6) is 0.841. The summed E-state index contributed by atoms with van der Waals surface area (Å²) in [6, 6.07) is 17.2. The molecule has 0 atom stereocenters. The number of fused-ring (bicyclic) bond motifs is 1. The highest BCUT2D eigenvalue weighted by atomic mass is 32.2. The summed E-state index contributed by atoms with van der Waals surface area (Å²) in [5, 5.41) is 11.2. The number of nitrogens with zero attached hydrogens (tertiary/aromatic N) is 1.